The van der Waals surface area contributed by atoms with Gasteiger partial charge in [-0.1, -0.05) is 58.1 Å². The molecule has 1 aromatic carbocycles. The maximum atomic E-state index is 11.8. The number of ketones is 1. The minimum Gasteiger partial charge on any atom is -0.508 e. The van der Waals surface area contributed by atoms with E-state index in [0.29, 0.717) is 18.8 Å². The molecule has 0 heterocycles. The number of unbranched alkanes of at least 4 members (excludes halogenated alkanes) is 5. The van der Waals surface area contributed by atoms with E-state index in [1.165, 1.54) is 25.0 Å². The standard InChI is InChI=1S/C22H32O4/c1-3-5-7-8-9-10-19(23)17-20(24)13-11-18-12-14-21(25)22(16-18)26-15-6-4-2/h11-14,16-17,24-25H,3-10,15H2,1-2H3. The number of carbonyl (C=O) groups is 1. The van der Waals surface area contributed by atoms with Gasteiger partial charge in [-0.3, -0.25) is 4.79 Å². The van der Waals surface area contributed by atoms with Gasteiger partial charge in [0.15, 0.2) is 17.3 Å². The number of aliphatic hydroxyl groups is 1. The number of aromatic hydroxyl groups is 1. The molecule has 0 aliphatic carbocycles. The van der Waals surface area contributed by atoms with Gasteiger partial charge in [0.25, 0.3) is 0 Å². The van der Waals surface area contributed by atoms with E-state index in [-0.39, 0.29) is 17.3 Å². The van der Waals surface area contributed by atoms with Crippen LogP contribution in [0.15, 0.2) is 36.1 Å². The van der Waals surface area contributed by atoms with E-state index < -0.39 is 0 Å². The number of hydrogen-bond acceptors (Lipinski definition) is 4. The van der Waals surface area contributed by atoms with E-state index in [1.807, 2.05) is 0 Å². The van der Waals surface area contributed by atoms with E-state index >= 15 is 0 Å². The Balaban J connectivity index is 2.54. The minimum absolute atomic E-state index is 0.0575. The molecule has 0 radical (unpaired) electrons. The number of rotatable bonds is 13. The molecule has 0 saturated heterocycles. The fraction of sp³-hybridized carbons (Fsp3) is 0.500. The maximum Gasteiger partial charge on any atom is 0.161 e. The molecule has 0 aliphatic heterocycles. The van der Waals surface area contributed by atoms with Gasteiger partial charge in [-0.25, -0.2) is 0 Å². The summed E-state index contributed by atoms with van der Waals surface area (Å²) in [6.07, 6.45) is 12.3. The Morgan fingerprint density at radius 3 is 2.54 bits per heavy atom. The normalized spacial score (nSPS) is 11.8. The molecular formula is C22H32O4. The van der Waals surface area contributed by atoms with Gasteiger partial charge in [0.05, 0.1) is 6.61 Å². The lowest BCUT2D eigenvalue weighted by Gasteiger charge is -2.08. The third kappa shape index (κ3) is 9.30. The van der Waals surface area contributed by atoms with Crippen molar-refractivity contribution in [3.8, 4) is 11.5 Å². The van der Waals surface area contributed by atoms with Crippen molar-refractivity contribution < 1.29 is 19.7 Å². The molecule has 1 rings (SSSR count). The van der Waals surface area contributed by atoms with Crippen molar-refractivity contribution in [3.63, 3.8) is 0 Å². The largest absolute Gasteiger partial charge is 0.508 e. The van der Waals surface area contributed by atoms with E-state index in [0.717, 1.165) is 37.7 Å². The van der Waals surface area contributed by atoms with Crippen molar-refractivity contribution in [2.75, 3.05) is 6.61 Å². The Kier molecular flexibility index (Phi) is 10.9. The molecule has 0 aromatic heterocycles. The first kappa shape index (κ1) is 21.8. The van der Waals surface area contributed by atoms with Crippen LogP contribution >= 0.6 is 0 Å². The molecule has 0 amide bonds. The van der Waals surface area contributed by atoms with Gasteiger partial charge in [-0.2, -0.15) is 0 Å². The van der Waals surface area contributed by atoms with Gasteiger partial charge in [0.1, 0.15) is 5.76 Å². The van der Waals surface area contributed by atoms with Crippen molar-refractivity contribution in [1.82, 2.24) is 0 Å². The molecule has 0 saturated carbocycles. The second kappa shape index (κ2) is 13.0. The summed E-state index contributed by atoms with van der Waals surface area (Å²) >= 11 is 0. The quantitative estimate of drug-likeness (QED) is 0.197. The number of aliphatic hydroxyl groups excluding tert-OH is 1. The van der Waals surface area contributed by atoms with Crippen LogP contribution in [0.5, 0.6) is 11.5 Å². The van der Waals surface area contributed by atoms with Gasteiger partial charge in [-0.15, -0.1) is 0 Å². The van der Waals surface area contributed by atoms with Crippen LogP contribution < -0.4 is 4.74 Å². The topological polar surface area (TPSA) is 66.8 Å². The van der Waals surface area contributed by atoms with Crippen LogP contribution in [0.2, 0.25) is 0 Å². The molecule has 0 bridgehead atoms. The van der Waals surface area contributed by atoms with Crippen molar-refractivity contribution in [2.45, 2.75) is 65.2 Å². The highest BCUT2D eigenvalue weighted by Crippen LogP contribution is 2.27. The smallest absolute Gasteiger partial charge is 0.161 e. The maximum absolute atomic E-state index is 11.8. The summed E-state index contributed by atoms with van der Waals surface area (Å²) < 4.78 is 5.55. The van der Waals surface area contributed by atoms with Crippen LogP contribution in [0.3, 0.4) is 0 Å². The Labute approximate surface area is 157 Å². The summed E-state index contributed by atoms with van der Waals surface area (Å²) in [4.78, 5) is 11.8. The zero-order valence-corrected chi connectivity index (χ0v) is 16.0. The van der Waals surface area contributed by atoms with Crippen molar-refractivity contribution in [2.24, 2.45) is 0 Å². The van der Waals surface area contributed by atoms with Crippen molar-refractivity contribution in [3.05, 3.63) is 41.7 Å². The van der Waals surface area contributed by atoms with Gasteiger partial charge < -0.3 is 14.9 Å². The zero-order valence-electron chi connectivity index (χ0n) is 16.0. The number of hydrogen-bond donors (Lipinski definition) is 2. The molecule has 4 nitrogen and oxygen atoms in total. The average Bonchev–Trinajstić information content (AvgIpc) is 2.62. The monoisotopic (exact) mass is 360 g/mol. The SMILES string of the molecule is CCCCCCCC(=O)C=C(O)C=Cc1ccc(O)c(OCCCC)c1. The molecule has 4 heteroatoms. The third-order valence-corrected chi connectivity index (χ3v) is 4.02. The molecule has 0 spiro atoms. The number of ether oxygens (including phenoxy) is 1. The summed E-state index contributed by atoms with van der Waals surface area (Å²) in [5.41, 5.74) is 0.779. The zero-order chi connectivity index (χ0) is 19.2. The highest BCUT2D eigenvalue weighted by molar-refractivity contribution is 5.90. The molecule has 144 valence electrons. The number of allylic oxidation sites excluding steroid dienone is 2. The predicted molar refractivity (Wildman–Crippen MR) is 107 cm³/mol. The van der Waals surface area contributed by atoms with Crippen LogP contribution in [0.1, 0.15) is 70.8 Å². The number of carbonyl (C=O) groups excluding carboxylic acids is 1. The lowest BCUT2D eigenvalue weighted by atomic mass is 10.1. The van der Waals surface area contributed by atoms with E-state index in [4.69, 9.17) is 4.74 Å². The Bertz CT molecular complexity index is 602. The molecular weight excluding hydrogens is 328 g/mol. The summed E-state index contributed by atoms with van der Waals surface area (Å²) in [6.45, 7) is 4.78. The van der Waals surface area contributed by atoms with Crippen LogP contribution in [0, 0.1) is 0 Å². The fourth-order valence-corrected chi connectivity index (χ4v) is 2.45. The number of benzene rings is 1. The minimum atomic E-state index is -0.0647. The summed E-state index contributed by atoms with van der Waals surface area (Å²) in [6, 6.07) is 4.99. The van der Waals surface area contributed by atoms with Gasteiger partial charge in [0.2, 0.25) is 0 Å². The van der Waals surface area contributed by atoms with Gasteiger partial charge in [0, 0.05) is 12.5 Å². The Morgan fingerprint density at radius 1 is 1.08 bits per heavy atom. The van der Waals surface area contributed by atoms with E-state index in [2.05, 4.69) is 13.8 Å². The number of phenols is 1. The van der Waals surface area contributed by atoms with Crippen LogP contribution in [-0.4, -0.2) is 22.6 Å². The molecule has 0 atom stereocenters. The first-order chi connectivity index (χ1) is 12.6. The third-order valence-electron chi connectivity index (χ3n) is 4.02. The van der Waals surface area contributed by atoms with Crippen molar-refractivity contribution >= 4 is 11.9 Å². The summed E-state index contributed by atoms with van der Waals surface area (Å²) in [5, 5.41) is 19.7. The van der Waals surface area contributed by atoms with E-state index in [1.54, 1.807) is 24.3 Å². The molecule has 1 aromatic rings. The highest BCUT2D eigenvalue weighted by atomic mass is 16.5. The molecule has 0 aliphatic rings. The molecule has 26 heavy (non-hydrogen) atoms. The Morgan fingerprint density at radius 2 is 1.81 bits per heavy atom. The molecule has 0 fully saturated rings. The van der Waals surface area contributed by atoms with Crippen molar-refractivity contribution in [1.29, 1.82) is 0 Å². The number of phenolic OH excluding ortho intramolecular Hbond substituents is 1. The fourth-order valence-electron chi connectivity index (χ4n) is 2.45. The van der Waals surface area contributed by atoms with Crippen LogP contribution in [-0.2, 0) is 4.79 Å². The average molecular weight is 360 g/mol. The summed E-state index contributed by atoms with van der Waals surface area (Å²) in [5.74, 6) is 0.395. The second-order valence-corrected chi connectivity index (χ2v) is 6.46. The van der Waals surface area contributed by atoms with E-state index in [9.17, 15) is 15.0 Å². The molecule has 2 N–H and O–H groups in total. The van der Waals surface area contributed by atoms with Gasteiger partial charge >= 0.3 is 0 Å². The van der Waals surface area contributed by atoms with Gasteiger partial charge in [-0.05, 0) is 36.6 Å². The van der Waals surface area contributed by atoms with Crippen LogP contribution in [0.4, 0.5) is 0 Å². The lowest BCUT2D eigenvalue weighted by molar-refractivity contribution is -0.114. The predicted octanol–water partition coefficient (Wildman–Crippen LogP) is 5.96. The first-order valence-corrected chi connectivity index (χ1v) is 9.64. The lowest BCUT2D eigenvalue weighted by Crippen LogP contribution is -1.97. The first-order valence-electron chi connectivity index (χ1n) is 9.64. The molecule has 0 unspecified atom stereocenters. The van der Waals surface area contributed by atoms with Crippen LogP contribution in [0.25, 0.3) is 6.08 Å². The Hall–Kier alpha value is -2.23. The second-order valence-electron chi connectivity index (χ2n) is 6.46. The highest BCUT2D eigenvalue weighted by Gasteiger charge is 2.03. The summed E-state index contributed by atoms with van der Waals surface area (Å²) in [7, 11) is 0.